The molecule has 10 heteroatoms. The molecule has 0 spiro atoms. The molecule has 1 saturated heterocycles. The fraction of sp³-hybridized carbons (Fsp3) is 0.286. The summed E-state index contributed by atoms with van der Waals surface area (Å²) >= 11 is 5.93. The third-order valence-electron chi connectivity index (χ3n) is 5.07. The smallest absolute Gasteiger partial charge is 0.245 e. The molecule has 1 fully saturated rings. The van der Waals surface area contributed by atoms with Crippen LogP contribution in [0.4, 0.5) is 5.69 Å². The average Bonchev–Trinajstić information content (AvgIpc) is 3.39. The summed E-state index contributed by atoms with van der Waals surface area (Å²) < 4.78 is 33.9. The predicted octanol–water partition coefficient (Wildman–Crippen LogP) is 4.18. The second kappa shape index (κ2) is 8.41. The summed E-state index contributed by atoms with van der Waals surface area (Å²) in [6.45, 7) is 3.46. The summed E-state index contributed by atoms with van der Waals surface area (Å²) in [4.78, 5) is 16.1. The Balaban J connectivity index is 1.68. The van der Waals surface area contributed by atoms with Crippen LogP contribution in [0.2, 0.25) is 5.02 Å². The molecule has 0 bridgehead atoms. The summed E-state index contributed by atoms with van der Waals surface area (Å²) in [6, 6.07) is 11.3. The lowest BCUT2D eigenvalue weighted by molar-refractivity contribution is -0.114. The van der Waals surface area contributed by atoms with Gasteiger partial charge in [-0.15, -0.1) is 0 Å². The van der Waals surface area contributed by atoms with Crippen molar-refractivity contribution in [2.75, 3.05) is 11.9 Å². The van der Waals surface area contributed by atoms with Gasteiger partial charge in [0.05, 0.1) is 5.69 Å². The van der Waals surface area contributed by atoms with Crippen LogP contribution in [-0.4, -0.2) is 35.3 Å². The number of carbonyl (C=O) groups is 1. The predicted molar refractivity (Wildman–Crippen MR) is 116 cm³/mol. The van der Waals surface area contributed by atoms with Crippen LogP contribution in [0.5, 0.6) is 0 Å². The highest BCUT2D eigenvalue weighted by atomic mass is 35.5. The first-order valence-corrected chi connectivity index (χ1v) is 11.6. The maximum atomic E-state index is 13.6. The van der Waals surface area contributed by atoms with Crippen molar-refractivity contribution in [2.45, 2.75) is 37.6 Å². The number of carbonyl (C=O) groups excluding carboxylic acids is 1. The van der Waals surface area contributed by atoms with Crippen molar-refractivity contribution >= 4 is 33.2 Å². The van der Waals surface area contributed by atoms with Gasteiger partial charge in [0.15, 0.2) is 0 Å². The SMILES string of the molecule is CC(=O)Nc1ccc(C)cc1S(=O)(=O)N1CCCC1c1nc(-c2ccc(Cl)cc2)no1. The second-order valence-corrected chi connectivity index (χ2v) is 9.71. The Bertz CT molecular complexity index is 1220. The topological polar surface area (TPSA) is 105 Å². The Labute approximate surface area is 185 Å². The van der Waals surface area contributed by atoms with E-state index in [2.05, 4.69) is 15.5 Å². The highest BCUT2D eigenvalue weighted by molar-refractivity contribution is 7.89. The first-order chi connectivity index (χ1) is 14.8. The van der Waals surface area contributed by atoms with E-state index in [-0.39, 0.29) is 22.4 Å². The minimum Gasteiger partial charge on any atom is -0.337 e. The lowest BCUT2D eigenvalue weighted by atomic mass is 10.2. The van der Waals surface area contributed by atoms with Crippen molar-refractivity contribution in [1.29, 1.82) is 0 Å². The van der Waals surface area contributed by atoms with E-state index in [9.17, 15) is 13.2 Å². The van der Waals surface area contributed by atoms with E-state index in [1.165, 1.54) is 11.2 Å². The number of aromatic nitrogens is 2. The van der Waals surface area contributed by atoms with E-state index in [1.54, 1.807) is 49.4 Å². The molecule has 1 N–H and O–H groups in total. The molecule has 2 heterocycles. The van der Waals surface area contributed by atoms with Gasteiger partial charge in [-0.05, 0) is 61.7 Å². The maximum Gasteiger partial charge on any atom is 0.245 e. The number of anilines is 1. The zero-order valence-electron chi connectivity index (χ0n) is 17.0. The van der Waals surface area contributed by atoms with Gasteiger partial charge < -0.3 is 9.84 Å². The van der Waals surface area contributed by atoms with Crippen LogP contribution in [0.15, 0.2) is 51.9 Å². The number of hydrogen-bond acceptors (Lipinski definition) is 6. The standard InChI is InChI=1S/C21H21ClN4O4S/c1-13-5-10-17(23-14(2)27)19(12-13)31(28,29)26-11-3-4-18(26)21-24-20(25-30-21)15-6-8-16(22)9-7-15/h5-10,12,18H,3-4,11H2,1-2H3,(H,23,27). The van der Waals surface area contributed by atoms with Crippen molar-refractivity contribution in [3.8, 4) is 11.4 Å². The number of nitrogens with zero attached hydrogens (tertiary/aromatic N) is 3. The van der Waals surface area contributed by atoms with Crippen LogP contribution < -0.4 is 5.32 Å². The van der Waals surface area contributed by atoms with Crippen molar-refractivity contribution in [3.05, 3.63) is 58.9 Å². The molecule has 0 aliphatic carbocycles. The maximum absolute atomic E-state index is 13.6. The van der Waals surface area contributed by atoms with Crippen LogP contribution in [0.1, 0.15) is 37.3 Å². The molecular formula is C21H21ClN4O4S. The van der Waals surface area contributed by atoms with Gasteiger partial charge in [-0.3, -0.25) is 4.79 Å². The Morgan fingerprint density at radius 3 is 2.68 bits per heavy atom. The number of sulfonamides is 1. The third kappa shape index (κ3) is 4.34. The lowest BCUT2D eigenvalue weighted by Gasteiger charge is -2.23. The molecule has 162 valence electrons. The minimum absolute atomic E-state index is 0.0482. The Kier molecular flexibility index (Phi) is 5.83. The van der Waals surface area contributed by atoms with Crippen molar-refractivity contribution < 1.29 is 17.7 Å². The van der Waals surface area contributed by atoms with Gasteiger partial charge >= 0.3 is 0 Å². The number of nitrogens with one attached hydrogen (secondary N) is 1. The molecule has 1 aliphatic heterocycles. The summed E-state index contributed by atoms with van der Waals surface area (Å²) in [6.07, 6.45) is 1.21. The van der Waals surface area contributed by atoms with Gasteiger partial charge in [0.25, 0.3) is 0 Å². The quantitative estimate of drug-likeness (QED) is 0.612. The summed E-state index contributed by atoms with van der Waals surface area (Å²) in [5.74, 6) is 0.257. The molecule has 1 aliphatic rings. The molecule has 4 rings (SSSR count). The van der Waals surface area contributed by atoms with E-state index in [0.29, 0.717) is 30.2 Å². The molecule has 1 amide bonds. The lowest BCUT2D eigenvalue weighted by Crippen LogP contribution is -2.31. The van der Waals surface area contributed by atoms with Crippen molar-refractivity contribution in [2.24, 2.45) is 0 Å². The number of hydrogen-bond donors (Lipinski definition) is 1. The molecule has 1 unspecified atom stereocenters. The highest BCUT2D eigenvalue weighted by Gasteiger charge is 2.40. The van der Waals surface area contributed by atoms with Gasteiger partial charge in [0.2, 0.25) is 27.6 Å². The van der Waals surface area contributed by atoms with E-state index in [1.807, 2.05) is 0 Å². The minimum atomic E-state index is -3.92. The molecule has 2 aromatic carbocycles. The zero-order valence-corrected chi connectivity index (χ0v) is 18.6. The zero-order chi connectivity index (χ0) is 22.2. The van der Waals surface area contributed by atoms with E-state index < -0.39 is 16.1 Å². The number of amides is 1. The number of benzene rings is 2. The number of aryl methyl sites for hydroxylation is 1. The first-order valence-electron chi connectivity index (χ1n) is 9.75. The van der Waals surface area contributed by atoms with Crippen molar-refractivity contribution in [1.82, 2.24) is 14.4 Å². The van der Waals surface area contributed by atoms with Crippen LogP contribution >= 0.6 is 11.6 Å². The van der Waals surface area contributed by atoms with Crippen molar-refractivity contribution in [3.63, 3.8) is 0 Å². The van der Waals surface area contributed by atoms with E-state index in [4.69, 9.17) is 16.1 Å². The highest BCUT2D eigenvalue weighted by Crippen LogP contribution is 2.38. The molecule has 0 radical (unpaired) electrons. The van der Waals surface area contributed by atoms with Gasteiger partial charge in [-0.1, -0.05) is 22.8 Å². The first kappa shape index (κ1) is 21.5. The van der Waals surface area contributed by atoms with Crippen LogP contribution in [0.3, 0.4) is 0 Å². The summed E-state index contributed by atoms with van der Waals surface area (Å²) in [5, 5.41) is 7.21. The largest absolute Gasteiger partial charge is 0.337 e. The average molecular weight is 461 g/mol. The molecular weight excluding hydrogens is 440 g/mol. The van der Waals surface area contributed by atoms with Crippen LogP contribution in [0.25, 0.3) is 11.4 Å². The second-order valence-electron chi connectivity index (χ2n) is 7.42. The molecule has 3 aromatic rings. The number of halogens is 1. The third-order valence-corrected chi connectivity index (χ3v) is 7.27. The number of rotatable bonds is 5. The fourth-order valence-electron chi connectivity index (χ4n) is 3.62. The van der Waals surface area contributed by atoms with Crippen LogP contribution in [-0.2, 0) is 14.8 Å². The Hall–Kier alpha value is -2.75. The van der Waals surface area contributed by atoms with E-state index in [0.717, 1.165) is 11.1 Å². The monoisotopic (exact) mass is 460 g/mol. The molecule has 1 atom stereocenters. The fourth-order valence-corrected chi connectivity index (χ4v) is 5.63. The van der Waals surface area contributed by atoms with Crippen LogP contribution in [0, 0.1) is 6.92 Å². The molecule has 0 saturated carbocycles. The van der Waals surface area contributed by atoms with Gasteiger partial charge in [-0.2, -0.15) is 9.29 Å². The van der Waals surface area contributed by atoms with E-state index >= 15 is 0 Å². The molecule has 31 heavy (non-hydrogen) atoms. The molecule has 8 nitrogen and oxygen atoms in total. The van der Waals surface area contributed by atoms with Gasteiger partial charge in [0.1, 0.15) is 10.9 Å². The Morgan fingerprint density at radius 1 is 1.23 bits per heavy atom. The summed E-state index contributed by atoms with van der Waals surface area (Å²) in [7, 11) is -3.92. The summed E-state index contributed by atoms with van der Waals surface area (Å²) in [5.41, 5.74) is 1.74. The Morgan fingerprint density at radius 2 is 1.97 bits per heavy atom. The van der Waals surface area contributed by atoms with Gasteiger partial charge in [0, 0.05) is 24.1 Å². The molecule has 1 aromatic heterocycles. The normalized spacial score (nSPS) is 17.1. The van der Waals surface area contributed by atoms with Gasteiger partial charge in [-0.25, -0.2) is 8.42 Å².